The predicted molar refractivity (Wildman–Crippen MR) is 103 cm³/mol. The van der Waals surface area contributed by atoms with Crippen LogP contribution in [0.1, 0.15) is 17.0 Å². The molecule has 2 atom stereocenters. The van der Waals surface area contributed by atoms with Gasteiger partial charge in [0.25, 0.3) is 5.91 Å². The molecule has 0 bridgehead atoms. The van der Waals surface area contributed by atoms with Crippen LogP contribution in [0, 0.1) is 6.92 Å². The van der Waals surface area contributed by atoms with Crippen molar-refractivity contribution < 1.29 is 9.53 Å². The van der Waals surface area contributed by atoms with Crippen molar-refractivity contribution in [1.82, 2.24) is 4.90 Å². The summed E-state index contributed by atoms with van der Waals surface area (Å²) >= 11 is 5.93. The van der Waals surface area contributed by atoms with Gasteiger partial charge in [0, 0.05) is 30.1 Å². The second-order valence-electron chi connectivity index (χ2n) is 6.18. The van der Waals surface area contributed by atoms with Crippen molar-refractivity contribution in [3.05, 3.63) is 64.7 Å². The summed E-state index contributed by atoms with van der Waals surface area (Å²) in [6.45, 7) is 3.11. The van der Waals surface area contributed by atoms with Crippen LogP contribution in [0.5, 0.6) is 5.75 Å². The molecule has 0 aliphatic carbocycles. The van der Waals surface area contributed by atoms with Gasteiger partial charge >= 0.3 is 0 Å². The summed E-state index contributed by atoms with van der Waals surface area (Å²) in [6.07, 6.45) is 0. The number of halogens is 2. The Bertz CT molecular complexity index is 725. The minimum absolute atomic E-state index is 0. The van der Waals surface area contributed by atoms with Crippen LogP contribution in [0.3, 0.4) is 0 Å². The molecule has 1 aliphatic heterocycles. The zero-order valence-corrected chi connectivity index (χ0v) is 15.6. The maximum absolute atomic E-state index is 12.4. The number of likely N-dealkylation sites (tertiary alicyclic amines) is 1. The van der Waals surface area contributed by atoms with Crippen molar-refractivity contribution in [2.45, 2.75) is 18.9 Å². The SMILES string of the molecule is Cc1cc(Cl)ccc1OCC(=O)N1C[C@@H](N)[C@H](c2ccccc2)C1.Cl. The second-order valence-corrected chi connectivity index (χ2v) is 6.61. The van der Waals surface area contributed by atoms with E-state index in [9.17, 15) is 4.79 Å². The van der Waals surface area contributed by atoms with Crippen LogP contribution < -0.4 is 10.5 Å². The van der Waals surface area contributed by atoms with Gasteiger partial charge in [-0.15, -0.1) is 12.4 Å². The summed E-state index contributed by atoms with van der Waals surface area (Å²) in [6, 6.07) is 15.4. The molecule has 2 aromatic rings. The van der Waals surface area contributed by atoms with Crippen LogP contribution in [-0.2, 0) is 4.79 Å². The number of nitrogens with two attached hydrogens (primary N) is 1. The number of hydrogen-bond acceptors (Lipinski definition) is 3. The quantitative estimate of drug-likeness (QED) is 0.883. The Balaban J connectivity index is 0.00000225. The van der Waals surface area contributed by atoms with E-state index in [1.54, 1.807) is 17.0 Å². The van der Waals surface area contributed by atoms with Gasteiger partial charge in [0.15, 0.2) is 6.61 Å². The van der Waals surface area contributed by atoms with Gasteiger partial charge in [0.05, 0.1) is 0 Å². The molecule has 6 heteroatoms. The van der Waals surface area contributed by atoms with Crippen LogP contribution >= 0.6 is 24.0 Å². The van der Waals surface area contributed by atoms with Crippen molar-refractivity contribution in [2.75, 3.05) is 19.7 Å². The molecule has 2 aromatic carbocycles. The predicted octanol–water partition coefficient (Wildman–Crippen LogP) is 3.40. The smallest absolute Gasteiger partial charge is 0.260 e. The van der Waals surface area contributed by atoms with E-state index in [-0.39, 0.29) is 36.9 Å². The van der Waals surface area contributed by atoms with E-state index in [2.05, 4.69) is 12.1 Å². The average molecular weight is 381 g/mol. The first-order chi connectivity index (χ1) is 11.5. The molecule has 25 heavy (non-hydrogen) atoms. The van der Waals surface area contributed by atoms with E-state index in [1.165, 1.54) is 5.56 Å². The molecular weight excluding hydrogens is 359 g/mol. The lowest BCUT2D eigenvalue weighted by molar-refractivity contribution is -0.132. The Hall–Kier alpha value is -1.75. The molecule has 4 nitrogen and oxygen atoms in total. The lowest BCUT2D eigenvalue weighted by Gasteiger charge is -2.17. The summed E-state index contributed by atoms with van der Waals surface area (Å²) in [5.74, 6) is 0.807. The van der Waals surface area contributed by atoms with E-state index < -0.39 is 0 Å². The zero-order valence-electron chi connectivity index (χ0n) is 14.0. The molecule has 1 aliphatic rings. The largest absolute Gasteiger partial charge is 0.483 e. The van der Waals surface area contributed by atoms with Crippen LogP contribution in [-0.4, -0.2) is 36.5 Å². The van der Waals surface area contributed by atoms with Gasteiger partial charge in [0.2, 0.25) is 0 Å². The number of nitrogens with zero attached hydrogens (tertiary/aromatic N) is 1. The highest BCUT2D eigenvalue weighted by molar-refractivity contribution is 6.30. The first-order valence-corrected chi connectivity index (χ1v) is 8.39. The third-order valence-electron chi connectivity index (χ3n) is 4.43. The van der Waals surface area contributed by atoms with Crippen LogP contribution in [0.25, 0.3) is 0 Å². The lowest BCUT2D eigenvalue weighted by atomic mass is 9.95. The van der Waals surface area contributed by atoms with Crippen LogP contribution in [0.15, 0.2) is 48.5 Å². The van der Waals surface area contributed by atoms with Gasteiger partial charge in [-0.1, -0.05) is 41.9 Å². The number of benzene rings is 2. The molecule has 2 N–H and O–H groups in total. The molecular formula is C19H22Cl2N2O2. The number of carbonyl (C=O) groups excluding carboxylic acids is 1. The molecule has 1 heterocycles. The second kappa shape index (κ2) is 8.56. The van der Waals surface area contributed by atoms with Gasteiger partial charge in [-0.2, -0.15) is 0 Å². The topological polar surface area (TPSA) is 55.6 Å². The summed E-state index contributed by atoms with van der Waals surface area (Å²) in [5, 5.41) is 0.655. The van der Waals surface area contributed by atoms with Gasteiger partial charge in [0.1, 0.15) is 5.75 Å². The molecule has 1 fully saturated rings. The Morgan fingerprint density at radius 3 is 2.64 bits per heavy atom. The van der Waals surface area contributed by atoms with E-state index in [4.69, 9.17) is 22.1 Å². The Kier molecular flexibility index (Phi) is 6.71. The van der Waals surface area contributed by atoms with E-state index in [0.717, 1.165) is 5.56 Å². The molecule has 134 valence electrons. The lowest BCUT2D eigenvalue weighted by Crippen LogP contribution is -2.35. The Morgan fingerprint density at radius 2 is 1.96 bits per heavy atom. The molecule has 1 amide bonds. The maximum Gasteiger partial charge on any atom is 0.260 e. The average Bonchev–Trinajstić information content (AvgIpc) is 2.96. The third kappa shape index (κ3) is 4.66. The molecule has 0 saturated carbocycles. The van der Waals surface area contributed by atoms with Crippen LogP contribution in [0.4, 0.5) is 0 Å². The monoisotopic (exact) mass is 380 g/mol. The highest BCUT2D eigenvalue weighted by atomic mass is 35.5. The van der Waals surface area contributed by atoms with E-state index >= 15 is 0 Å². The normalized spacial score (nSPS) is 19.4. The fourth-order valence-electron chi connectivity index (χ4n) is 3.09. The van der Waals surface area contributed by atoms with Crippen molar-refractivity contribution in [3.63, 3.8) is 0 Å². The summed E-state index contributed by atoms with van der Waals surface area (Å²) in [4.78, 5) is 14.2. The highest BCUT2D eigenvalue weighted by Gasteiger charge is 2.33. The molecule has 1 saturated heterocycles. The van der Waals surface area contributed by atoms with Gasteiger partial charge in [-0.3, -0.25) is 4.79 Å². The minimum Gasteiger partial charge on any atom is -0.483 e. The van der Waals surface area contributed by atoms with Crippen LogP contribution in [0.2, 0.25) is 5.02 Å². The van der Waals surface area contributed by atoms with Gasteiger partial charge in [-0.05, 0) is 36.2 Å². The molecule has 3 rings (SSSR count). The fourth-order valence-corrected chi connectivity index (χ4v) is 3.32. The number of rotatable bonds is 4. The summed E-state index contributed by atoms with van der Waals surface area (Å²) < 4.78 is 5.65. The minimum atomic E-state index is -0.0476. The first-order valence-electron chi connectivity index (χ1n) is 8.02. The van der Waals surface area contributed by atoms with E-state index in [1.807, 2.05) is 31.2 Å². The highest BCUT2D eigenvalue weighted by Crippen LogP contribution is 2.27. The molecule has 0 unspecified atom stereocenters. The standard InChI is InChI=1S/C19H21ClN2O2.ClH/c1-13-9-15(20)7-8-18(13)24-12-19(23)22-10-16(17(21)11-22)14-5-3-2-4-6-14;/h2-9,16-17H,10-12,21H2,1H3;1H/t16-,17+;/m0./s1. The number of hydrogen-bond donors (Lipinski definition) is 1. The Labute approximate surface area is 159 Å². The molecule has 0 aromatic heterocycles. The number of carbonyl (C=O) groups is 1. The summed E-state index contributed by atoms with van der Waals surface area (Å²) in [5.41, 5.74) is 8.33. The fraction of sp³-hybridized carbons (Fsp3) is 0.316. The third-order valence-corrected chi connectivity index (χ3v) is 4.67. The number of amides is 1. The zero-order chi connectivity index (χ0) is 17.1. The molecule has 0 spiro atoms. The Morgan fingerprint density at radius 1 is 1.24 bits per heavy atom. The van der Waals surface area contributed by atoms with Gasteiger partial charge < -0.3 is 15.4 Å². The number of ether oxygens (including phenoxy) is 1. The summed E-state index contributed by atoms with van der Waals surface area (Å²) in [7, 11) is 0. The maximum atomic E-state index is 12.4. The van der Waals surface area contributed by atoms with Crippen molar-refractivity contribution in [1.29, 1.82) is 0 Å². The van der Waals surface area contributed by atoms with Crippen molar-refractivity contribution in [2.24, 2.45) is 5.73 Å². The first kappa shape index (κ1) is 19.6. The van der Waals surface area contributed by atoms with Crippen molar-refractivity contribution >= 4 is 29.9 Å². The van der Waals surface area contributed by atoms with E-state index in [0.29, 0.717) is 23.9 Å². The number of aryl methyl sites for hydroxylation is 1. The van der Waals surface area contributed by atoms with Gasteiger partial charge in [-0.25, -0.2) is 0 Å². The molecule has 0 radical (unpaired) electrons. The van der Waals surface area contributed by atoms with Crippen molar-refractivity contribution in [3.8, 4) is 5.75 Å².